The molecule has 2 aromatic carbocycles. The molecule has 29 heavy (non-hydrogen) atoms. The summed E-state index contributed by atoms with van der Waals surface area (Å²) in [6.45, 7) is 4.71. The Bertz CT molecular complexity index is 963. The zero-order chi connectivity index (χ0) is 21.8. The van der Waals surface area contributed by atoms with Gasteiger partial charge in [-0.25, -0.2) is 8.42 Å². The molecule has 0 aliphatic rings. The monoisotopic (exact) mass is 496 g/mol. The first kappa shape index (κ1) is 24.3. The molecule has 2 aromatic rings. The van der Waals surface area contributed by atoms with Crippen molar-refractivity contribution in [1.29, 1.82) is 0 Å². The van der Waals surface area contributed by atoms with E-state index in [-0.39, 0.29) is 36.2 Å². The lowest BCUT2D eigenvalue weighted by molar-refractivity contribution is 0.102. The molecule has 0 aromatic heterocycles. The van der Waals surface area contributed by atoms with Crippen molar-refractivity contribution in [3.63, 3.8) is 0 Å². The van der Waals surface area contributed by atoms with Crippen LogP contribution in [0.4, 0.5) is 5.69 Å². The van der Waals surface area contributed by atoms with E-state index in [1.165, 1.54) is 34.6 Å². The summed E-state index contributed by atoms with van der Waals surface area (Å²) in [5.41, 5.74) is 0.314. The smallest absolute Gasteiger partial charge is 0.255 e. The lowest BCUT2D eigenvalue weighted by Gasteiger charge is -2.21. The van der Waals surface area contributed by atoms with Gasteiger partial charge in [-0.3, -0.25) is 4.79 Å². The van der Waals surface area contributed by atoms with Crippen LogP contribution in [0, 0.1) is 0 Å². The number of sulfonamides is 1. The lowest BCUT2D eigenvalue weighted by atomic mass is 10.2. The number of nitrogens with zero attached hydrogens (tertiary/aromatic N) is 1. The van der Waals surface area contributed by atoms with Crippen LogP contribution in [0.2, 0.25) is 20.1 Å². The third-order valence-corrected chi connectivity index (χ3v) is 7.54. The van der Waals surface area contributed by atoms with Crippen LogP contribution in [0.3, 0.4) is 0 Å². The number of carbonyl (C=O) groups excluding carboxylic acids is 1. The van der Waals surface area contributed by atoms with Crippen molar-refractivity contribution in [3.05, 3.63) is 56.0 Å². The van der Waals surface area contributed by atoms with Gasteiger partial charge in [0.25, 0.3) is 5.91 Å². The maximum atomic E-state index is 12.8. The third-order valence-electron chi connectivity index (χ3n) is 4.05. The highest BCUT2D eigenvalue weighted by molar-refractivity contribution is 7.89. The van der Waals surface area contributed by atoms with Gasteiger partial charge in [0.05, 0.1) is 30.7 Å². The van der Waals surface area contributed by atoms with Gasteiger partial charge in [0.15, 0.2) is 0 Å². The fourth-order valence-electron chi connectivity index (χ4n) is 2.65. The molecule has 0 atom stereocenters. The molecule has 0 aliphatic heterocycles. The van der Waals surface area contributed by atoms with Crippen molar-refractivity contribution < 1.29 is 13.2 Å². The zero-order valence-corrected chi connectivity index (χ0v) is 19.6. The second-order valence-corrected chi connectivity index (χ2v) is 9.73. The summed E-state index contributed by atoms with van der Waals surface area (Å²) in [6.07, 6.45) is 1.42. The standard InChI is InChI=1S/C19H20Cl4N2O3S/c1-3-9-25(10-4-2)29(27,28)13-7-5-12(6-8-13)19(26)24-18-16(22)14(20)11-15(21)17(18)23/h5-8,11H,3-4,9-10H2,1-2H3,(H,24,26). The Labute approximate surface area is 190 Å². The van der Waals surface area contributed by atoms with Crippen LogP contribution in [0.25, 0.3) is 0 Å². The number of amides is 1. The maximum absolute atomic E-state index is 12.8. The van der Waals surface area contributed by atoms with Gasteiger partial charge in [-0.1, -0.05) is 60.3 Å². The Morgan fingerprint density at radius 3 is 1.86 bits per heavy atom. The molecule has 5 nitrogen and oxygen atoms in total. The van der Waals surface area contributed by atoms with E-state index in [0.29, 0.717) is 25.9 Å². The van der Waals surface area contributed by atoms with Crippen LogP contribution in [0.1, 0.15) is 37.0 Å². The molecular formula is C19H20Cl4N2O3S. The van der Waals surface area contributed by atoms with Crippen LogP contribution in [-0.4, -0.2) is 31.7 Å². The molecule has 0 saturated carbocycles. The van der Waals surface area contributed by atoms with E-state index < -0.39 is 15.9 Å². The summed E-state index contributed by atoms with van der Waals surface area (Å²) in [7, 11) is -3.63. The molecule has 10 heteroatoms. The molecule has 1 N–H and O–H groups in total. The van der Waals surface area contributed by atoms with Crippen molar-refractivity contribution in [2.45, 2.75) is 31.6 Å². The van der Waals surface area contributed by atoms with E-state index in [1.807, 2.05) is 13.8 Å². The molecule has 2 rings (SSSR count). The highest BCUT2D eigenvalue weighted by Gasteiger charge is 2.23. The van der Waals surface area contributed by atoms with Gasteiger partial charge in [-0.15, -0.1) is 0 Å². The molecule has 0 unspecified atom stereocenters. The molecule has 0 saturated heterocycles. The average molecular weight is 498 g/mol. The van der Waals surface area contributed by atoms with Crippen molar-refractivity contribution in [1.82, 2.24) is 4.31 Å². The van der Waals surface area contributed by atoms with Crippen LogP contribution < -0.4 is 5.32 Å². The number of carbonyl (C=O) groups is 1. The van der Waals surface area contributed by atoms with Crippen LogP contribution >= 0.6 is 46.4 Å². The fraction of sp³-hybridized carbons (Fsp3) is 0.316. The fourth-order valence-corrected chi connectivity index (χ4v) is 5.17. The van der Waals surface area contributed by atoms with Crippen LogP contribution in [0.5, 0.6) is 0 Å². The molecule has 0 aliphatic carbocycles. The number of rotatable bonds is 8. The minimum atomic E-state index is -3.63. The van der Waals surface area contributed by atoms with E-state index >= 15 is 0 Å². The van der Waals surface area contributed by atoms with Crippen molar-refractivity contribution in [2.75, 3.05) is 18.4 Å². The molecule has 0 fully saturated rings. The van der Waals surface area contributed by atoms with Gasteiger partial charge in [0.2, 0.25) is 10.0 Å². The first-order valence-corrected chi connectivity index (χ1v) is 11.8. The SMILES string of the molecule is CCCN(CCC)S(=O)(=O)c1ccc(C(=O)Nc2c(Cl)c(Cl)cc(Cl)c2Cl)cc1. The van der Waals surface area contributed by atoms with Crippen molar-refractivity contribution in [3.8, 4) is 0 Å². The molecule has 1 amide bonds. The van der Waals surface area contributed by atoms with E-state index in [2.05, 4.69) is 5.32 Å². The molecular weight excluding hydrogens is 478 g/mol. The summed E-state index contributed by atoms with van der Waals surface area (Å²) in [5.74, 6) is -0.532. The first-order chi connectivity index (χ1) is 13.6. The first-order valence-electron chi connectivity index (χ1n) is 8.88. The Balaban J connectivity index is 2.28. The van der Waals surface area contributed by atoms with Gasteiger partial charge in [-0.05, 0) is 43.2 Å². The molecule has 0 spiro atoms. The number of hydrogen-bond acceptors (Lipinski definition) is 3. The summed E-state index contributed by atoms with van der Waals surface area (Å²) in [5, 5.41) is 2.97. The zero-order valence-electron chi connectivity index (χ0n) is 15.8. The minimum Gasteiger partial charge on any atom is -0.319 e. The molecule has 0 bridgehead atoms. The molecule has 0 radical (unpaired) electrons. The van der Waals surface area contributed by atoms with E-state index in [9.17, 15) is 13.2 Å². The van der Waals surface area contributed by atoms with Crippen molar-refractivity contribution in [2.24, 2.45) is 0 Å². The summed E-state index contributed by atoms with van der Waals surface area (Å²) in [4.78, 5) is 12.7. The topological polar surface area (TPSA) is 66.5 Å². The number of hydrogen-bond donors (Lipinski definition) is 1. The number of nitrogens with one attached hydrogen (secondary N) is 1. The van der Waals surface area contributed by atoms with Gasteiger partial charge in [0.1, 0.15) is 0 Å². The van der Waals surface area contributed by atoms with E-state index in [0.717, 1.165) is 0 Å². The number of benzene rings is 2. The minimum absolute atomic E-state index is 0.0587. The van der Waals surface area contributed by atoms with Gasteiger partial charge >= 0.3 is 0 Å². The largest absolute Gasteiger partial charge is 0.319 e. The quantitative estimate of drug-likeness (QED) is 0.431. The predicted molar refractivity (Wildman–Crippen MR) is 120 cm³/mol. The van der Waals surface area contributed by atoms with Crippen LogP contribution in [-0.2, 0) is 10.0 Å². The number of halogens is 4. The molecule has 0 heterocycles. The van der Waals surface area contributed by atoms with Gasteiger partial charge in [-0.2, -0.15) is 4.31 Å². The van der Waals surface area contributed by atoms with E-state index in [4.69, 9.17) is 46.4 Å². The van der Waals surface area contributed by atoms with E-state index in [1.54, 1.807) is 0 Å². The van der Waals surface area contributed by atoms with Crippen LogP contribution in [0.15, 0.2) is 35.2 Å². The summed E-state index contributed by atoms with van der Waals surface area (Å²) < 4.78 is 27.1. The second kappa shape index (κ2) is 10.3. The Morgan fingerprint density at radius 2 is 1.41 bits per heavy atom. The number of anilines is 1. The Hall–Kier alpha value is -1.02. The Morgan fingerprint density at radius 1 is 0.931 bits per heavy atom. The third kappa shape index (κ3) is 5.57. The van der Waals surface area contributed by atoms with Crippen molar-refractivity contribution >= 4 is 68.0 Å². The summed E-state index contributed by atoms with van der Waals surface area (Å²) in [6, 6.07) is 7.02. The second-order valence-electron chi connectivity index (χ2n) is 6.23. The highest BCUT2D eigenvalue weighted by atomic mass is 35.5. The highest BCUT2D eigenvalue weighted by Crippen LogP contribution is 2.41. The normalized spacial score (nSPS) is 11.7. The average Bonchev–Trinajstić information content (AvgIpc) is 2.69. The van der Waals surface area contributed by atoms with Gasteiger partial charge in [0, 0.05) is 18.7 Å². The predicted octanol–water partition coefficient (Wildman–Crippen LogP) is 6.36. The molecule has 158 valence electrons. The Kier molecular flexibility index (Phi) is 8.64. The lowest BCUT2D eigenvalue weighted by Crippen LogP contribution is -2.32. The maximum Gasteiger partial charge on any atom is 0.255 e. The van der Waals surface area contributed by atoms with Gasteiger partial charge < -0.3 is 5.32 Å². The summed E-state index contributed by atoms with van der Waals surface area (Å²) >= 11 is 24.2.